The second-order valence-electron chi connectivity index (χ2n) is 4.53. The third kappa shape index (κ3) is 3.54. The Bertz CT molecular complexity index is 834. The Balaban J connectivity index is 2.50. The van der Waals surface area contributed by atoms with Gasteiger partial charge in [0.25, 0.3) is 15.9 Å². The molecule has 2 rings (SSSR count). The molecular weight excluding hydrogens is 320 g/mol. The van der Waals surface area contributed by atoms with Crippen LogP contribution in [-0.4, -0.2) is 28.5 Å². The van der Waals surface area contributed by atoms with Gasteiger partial charge in [-0.25, -0.2) is 8.42 Å². The summed E-state index contributed by atoms with van der Waals surface area (Å²) in [7, 11) is -1.22. The predicted molar refractivity (Wildman–Crippen MR) is 85.3 cm³/mol. The molecule has 7 nitrogen and oxygen atoms in total. The number of ether oxygens (including phenoxy) is 2. The summed E-state index contributed by atoms with van der Waals surface area (Å²) in [5.41, 5.74) is 5.41. The van der Waals surface area contributed by atoms with Crippen molar-refractivity contribution >= 4 is 21.6 Å². The van der Waals surface area contributed by atoms with Crippen LogP contribution in [0.5, 0.6) is 11.5 Å². The maximum atomic E-state index is 12.6. The summed E-state index contributed by atoms with van der Waals surface area (Å²) >= 11 is 0. The predicted octanol–water partition coefficient (Wildman–Crippen LogP) is 1.60. The molecule has 0 aliphatic heterocycles. The lowest BCUT2D eigenvalue weighted by molar-refractivity contribution is 0.100. The van der Waals surface area contributed by atoms with Crippen molar-refractivity contribution in [2.24, 2.45) is 5.73 Å². The molecule has 0 heterocycles. The van der Waals surface area contributed by atoms with Crippen molar-refractivity contribution < 1.29 is 22.7 Å². The van der Waals surface area contributed by atoms with Crippen LogP contribution in [0.4, 0.5) is 5.69 Å². The minimum atomic E-state index is -4.01. The van der Waals surface area contributed by atoms with Crippen molar-refractivity contribution in [3.05, 3.63) is 48.0 Å². The highest BCUT2D eigenvalue weighted by atomic mass is 32.2. The number of primary amides is 1. The van der Waals surface area contributed by atoms with Gasteiger partial charge in [-0.1, -0.05) is 12.1 Å². The number of nitrogens with one attached hydrogen (secondary N) is 1. The maximum Gasteiger partial charge on any atom is 0.265 e. The molecule has 2 aromatic rings. The molecule has 0 spiro atoms. The molecule has 122 valence electrons. The van der Waals surface area contributed by atoms with Crippen molar-refractivity contribution in [1.29, 1.82) is 0 Å². The van der Waals surface area contributed by atoms with E-state index < -0.39 is 15.9 Å². The maximum absolute atomic E-state index is 12.6. The third-order valence-corrected chi connectivity index (χ3v) is 4.48. The molecule has 3 N–H and O–H groups in total. The number of carbonyl (C=O) groups is 1. The van der Waals surface area contributed by atoms with Gasteiger partial charge in [-0.15, -0.1) is 0 Å². The second-order valence-corrected chi connectivity index (χ2v) is 6.18. The largest absolute Gasteiger partial charge is 0.497 e. The first-order valence-electron chi connectivity index (χ1n) is 6.52. The van der Waals surface area contributed by atoms with E-state index in [4.69, 9.17) is 15.2 Å². The number of anilines is 1. The summed E-state index contributed by atoms with van der Waals surface area (Å²) < 4.78 is 37.7. The summed E-state index contributed by atoms with van der Waals surface area (Å²) in [5, 5.41) is 0. The van der Waals surface area contributed by atoms with E-state index in [1.54, 1.807) is 18.2 Å². The number of nitrogens with two attached hydrogens (primary N) is 1. The molecule has 0 aliphatic carbocycles. The minimum Gasteiger partial charge on any atom is -0.497 e. The van der Waals surface area contributed by atoms with Crippen LogP contribution in [0.15, 0.2) is 47.4 Å². The van der Waals surface area contributed by atoms with Crippen molar-refractivity contribution in [3.8, 4) is 11.5 Å². The van der Waals surface area contributed by atoms with Gasteiger partial charge in [-0.05, 0) is 24.3 Å². The van der Waals surface area contributed by atoms with E-state index in [0.29, 0.717) is 5.75 Å². The van der Waals surface area contributed by atoms with Crippen molar-refractivity contribution in [3.63, 3.8) is 0 Å². The number of methoxy groups -OCH3 is 2. The van der Waals surface area contributed by atoms with Crippen LogP contribution < -0.4 is 19.9 Å². The lowest BCUT2D eigenvalue weighted by Gasteiger charge is -2.14. The summed E-state index contributed by atoms with van der Waals surface area (Å²) in [6.45, 7) is 0. The molecule has 0 bridgehead atoms. The number of benzene rings is 2. The van der Waals surface area contributed by atoms with Gasteiger partial charge >= 0.3 is 0 Å². The van der Waals surface area contributed by atoms with Crippen LogP contribution in [0.1, 0.15) is 10.4 Å². The Hall–Kier alpha value is -2.74. The Morgan fingerprint density at radius 3 is 2.39 bits per heavy atom. The van der Waals surface area contributed by atoms with E-state index in [1.165, 1.54) is 38.5 Å². The average Bonchev–Trinajstić information content (AvgIpc) is 2.54. The molecule has 0 unspecified atom stereocenters. The van der Waals surface area contributed by atoms with E-state index >= 15 is 0 Å². The van der Waals surface area contributed by atoms with E-state index in [-0.39, 0.29) is 21.9 Å². The monoisotopic (exact) mass is 336 g/mol. The fraction of sp³-hybridized carbons (Fsp3) is 0.133. The van der Waals surface area contributed by atoms with Crippen LogP contribution in [0, 0.1) is 0 Å². The molecule has 1 amide bonds. The highest BCUT2D eigenvalue weighted by molar-refractivity contribution is 7.92. The number of amides is 1. The molecular formula is C15H16N2O5S. The minimum absolute atomic E-state index is 0.0675. The van der Waals surface area contributed by atoms with Gasteiger partial charge in [0.05, 0.1) is 25.5 Å². The Labute approximate surface area is 134 Å². The van der Waals surface area contributed by atoms with Gasteiger partial charge in [0.15, 0.2) is 0 Å². The molecule has 8 heteroatoms. The van der Waals surface area contributed by atoms with Crippen LogP contribution in [0.2, 0.25) is 0 Å². The number of carbonyl (C=O) groups excluding carboxylic acids is 1. The van der Waals surface area contributed by atoms with E-state index in [1.807, 2.05) is 0 Å². The summed E-state index contributed by atoms with van der Waals surface area (Å²) in [6, 6.07) is 10.4. The zero-order valence-electron chi connectivity index (χ0n) is 12.6. The third-order valence-electron chi connectivity index (χ3n) is 3.10. The summed E-state index contributed by atoms with van der Waals surface area (Å²) in [5.74, 6) is -0.231. The van der Waals surface area contributed by atoms with Crippen LogP contribution >= 0.6 is 0 Å². The Kier molecular flexibility index (Phi) is 4.75. The standard InChI is InChI=1S/C15H16N2O5S/c1-21-10-7-8-13(22-2)14(9-10)23(19,20)17-12-6-4-3-5-11(12)15(16)18/h3-9,17H,1-2H3,(H2,16,18). The average molecular weight is 336 g/mol. The number of hydrogen-bond acceptors (Lipinski definition) is 5. The van der Waals surface area contributed by atoms with Crippen LogP contribution in [-0.2, 0) is 10.0 Å². The normalized spacial score (nSPS) is 10.9. The first kappa shape index (κ1) is 16.6. The summed E-state index contributed by atoms with van der Waals surface area (Å²) in [6.07, 6.45) is 0. The lowest BCUT2D eigenvalue weighted by atomic mass is 10.2. The van der Waals surface area contributed by atoms with E-state index in [2.05, 4.69) is 4.72 Å². The zero-order chi connectivity index (χ0) is 17.0. The molecule has 0 aromatic heterocycles. The molecule has 23 heavy (non-hydrogen) atoms. The molecule has 0 saturated heterocycles. The molecule has 0 radical (unpaired) electrons. The molecule has 0 atom stereocenters. The van der Waals surface area contributed by atoms with Crippen molar-refractivity contribution in [1.82, 2.24) is 0 Å². The molecule has 0 aliphatic rings. The number of hydrogen-bond donors (Lipinski definition) is 2. The number of sulfonamides is 1. The van der Waals surface area contributed by atoms with Crippen molar-refractivity contribution in [2.75, 3.05) is 18.9 Å². The van der Waals surface area contributed by atoms with E-state index in [9.17, 15) is 13.2 Å². The van der Waals surface area contributed by atoms with Crippen LogP contribution in [0.3, 0.4) is 0 Å². The second kappa shape index (κ2) is 6.57. The highest BCUT2D eigenvalue weighted by Gasteiger charge is 2.22. The number of rotatable bonds is 6. The van der Waals surface area contributed by atoms with Gasteiger partial charge in [-0.3, -0.25) is 9.52 Å². The SMILES string of the molecule is COc1ccc(OC)c(S(=O)(=O)Nc2ccccc2C(N)=O)c1. The van der Waals surface area contributed by atoms with Gasteiger partial charge < -0.3 is 15.2 Å². The Morgan fingerprint density at radius 2 is 1.78 bits per heavy atom. The first-order valence-corrected chi connectivity index (χ1v) is 8.01. The van der Waals surface area contributed by atoms with Crippen LogP contribution in [0.25, 0.3) is 0 Å². The van der Waals surface area contributed by atoms with Gasteiger partial charge in [0, 0.05) is 6.07 Å². The lowest BCUT2D eigenvalue weighted by Crippen LogP contribution is -2.19. The first-order chi connectivity index (χ1) is 10.9. The van der Waals surface area contributed by atoms with Gasteiger partial charge in [-0.2, -0.15) is 0 Å². The van der Waals surface area contributed by atoms with Gasteiger partial charge in [0.1, 0.15) is 16.4 Å². The molecule has 0 fully saturated rings. The fourth-order valence-electron chi connectivity index (χ4n) is 1.98. The molecule has 2 aromatic carbocycles. The fourth-order valence-corrected chi connectivity index (χ4v) is 3.25. The van der Waals surface area contributed by atoms with Crippen molar-refractivity contribution in [2.45, 2.75) is 4.90 Å². The quantitative estimate of drug-likeness (QED) is 0.833. The summed E-state index contributed by atoms with van der Waals surface area (Å²) in [4.78, 5) is 11.3. The highest BCUT2D eigenvalue weighted by Crippen LogP contribution is 2.30. The topological polar surface area (TPSA) is 108 Å². The van der Waals surface area contributed by atoms with Gasteiger partial charge in [0.2, 0.25) is 0 Å². The molecule has 0 saturated carbocycles. The smallest absolute Gasteiger partial charge is 0.265 e. The van der Waals surface area contributed by atoms with E-state index in [0.717, 1.165) is 0 Å². The number of para-hydroxylation sites is 1. The Morgan fingerprint density at radius 1 is 1.09 bits per heavy atom. The zero-order valence-corrected chi connectivity index (χ0v) is 13.4.